The van der Waals surface area contributed by atoms with Crippen LogP contribution in [0.1, 0.15) is 5.56 Å². The van der Waals surface area contributed by atoms with Crippen molar-refractivity contribution in [1.29, 1.82) is 0 Å². The molecule has 1 aliphatic rings. The van der Waals surface area contributed by atoms with Gasteiger partial charge in [-0.2, -0.15) is 0 Å². The molecule has 0 atom stereocenters. The average molecular weight is 243 g/mol. The molecule has 0 aliphatic carbocycles. The molecule has 0 spiro atoms. The molecule has 4 heteroatoms. The lowest BCUT2D eigenvalue weighted by Crippen LogP contribution is -1.94. The standard InChI is InChI=1S/C9H7BrO3/c10-7-2-1-6(3-4-11)8-9(7)13-5-12-8/h1-2,4H,3,5H2. The molecule has 0 radical (unpaired) electrons. The smallest absolute Gasteiger partial charge is 0.231 e. The summed E-state index contributed by atoms with van der Waals surface area (Å²) in [6.07, 6.45) is 1.21. The van der Waals surface area contributed by atoms with E-state index < -0.39 is 0 Å². The molecule has 1 aliphatic heterocycles. The van der Waals surface area contributed by atoms with Crippen LogP contribution in [-0.4, -0.2) is 13.1 Å². The molecule has 3 nitrogen and oxygen atoms in total. The van der Waals surface area contributed by atoms with Crippen molar-refractivity contribution in [1.82, 2.24) is 0 Å². The van der Waals surface area contributed by atoms with E-state index in [1.165, 1.54) is 0 Å². The predicted octanol–water partition coefficient (Wildman–Crippen LogP) is 1.92. The number of hydrogen-bond acceptors (Lipinski definition) is 3. The molecular weight excluding hydrogens is 236 g/mol. The second-order valence-corrected chi connectivity index (χ2v) is 3.50. The Morgan fingerprint density at radius 1 is 1.38 bits per heavy atom. The summed E-state index contributed by atoms with van der Waals surface area (Å²) < 4.78 is 11.3. The Kier molecular flexibility index (Phi) is 2.22. The molecule has 0 aromatic heterocycles. The van der Waals surface area contributed by atoms with E-state index in [2.05, 4.69) is 15.9 Å². The minimum absolute atomic E-state index is 0.226. The second-order valence-electron chi connectivity index (χ2n) is 2.64. The SMILES string of the molecule is O=CCc1ccc(Br)c2c1OCO2. The van der Waals surface area contributed by atoms with Crippen molar-refractivity contribution < 1.29 is 14.3 Å². The Morgan fingerprint density at radius 3 is 2.92 bits per heavy atom. The van der Waals surface area contributed by atoms with Crippen LogP contribution in [0.3, 0.4) is 0 Å². The first-order chi connectivity index (χ1) is 6.33. The molecule has 1 heterocycles. The number of carbonyl (C=O) groups excluding carboxylic acids is 1. The fraction of sp³-hybridized carbons (Fsp3) is 0.222. The highest BCUT2D eigenvalue weighted by atomic mass is 79.9. The van der Waals surface area contributed by atoms with Crippen LogP contribution in [0.15, 0.2) is 16.6 Å². The topological polar surface area (TPSA) is 35.5 Å². The molecule has 2 rings (SSSR count). The van der Waals surface area contributed by atoms with Gasteiger partial charge in [0, 0.05) is 12.0 Å². The Labute approximate surface area is 83.8 Å². The quantitative estimate of drug-likeness (QED) is 0.744. The summed E-state index contributed by atoms with van der Waals surface area (Å²) in [5.74, 6) is 1.38. The van der Waals surface area contributed by atoms with Crippen molar-refractivity contribution in [3.8, 4) is 11.5 Å². The number of halogens is 1. The van der Waals surface area contributed by atoms with E-state index in [1.54, 1.807) is 0 Å². The van der Waals surface area contributed by atoms with Crippen LogP contribution in [0.25, 0.3) is 0 Å². The molecule has 0 bridgehead atoms. The van der Waals surface area contributed by atoms with Gasteiger partial charge in [0.1, 0.15) is 6.29 Å². The molecule has 0 unspecified atom stereocenters. The lowest BCUT2D eigenvalue weighted by Gasteiger charge is -2.02. The van der Waals surface area contributed by atoms with E-state index >= 15 is 0 Å². The van der Waals surface area contributed by atoms with Crippen molar-refractivity contribution in [3.63, 3.8) is 0 Å². The highest BCUT2D eigenvalue weighted by Crippen LogP contribution is 2.41. The zero-order chi connectivity index (χ0) is 9.26. The van der Waals surface area contributed by atoms with Crippen molar-refractivity contribution >= 4 is 22.2 Å². The summed E-state index contributed by atoms with van der Waals surface area (Å²) in [6.45, 7) is 0.226. The predicted molar refractivity (Wildman–Crippen MR) is 50.0 cm³/mol. The van der Waals surface area contributed by atoms with Crippen LogP contribution in [0.5, 0.6) is 11.5 Å². The third-order valence-corrected chi connectivity index (χ3v) is 2.48. The van der Waals surface area contributed by atoms with Crippen molar-refractivity contribution in [3.05, 3.63) is 22.2 Å². The summed E-state index contributed by atoms with van der Waals surface area (Å²) in [4.78, 5) is 10.4. The number of fused-ring (bicyclic) bond motifs is 1. The molecule has 13 heavy (non-hydrogen) atoms. The lowest BCUT2D eigenvalue weighted by atomic mass is 10.1. The Hall–Kier alpha value is -1.03. The minimum Gasteiger partial charge on any atom is -0.453 e. The maximum atomic E-state index is 10.4. The van der Waals surface area contributed by atoms with Gasteiger partial charge in [-0.15, -0.1) is 0 Å². The van der Waals surface area contributed by atoms with Gasteiger partial charge in [-0.3, -0.25) is 0 Å². The maximum Gasteiger partial charge on any atom is 0.231 e. The van der Waals surface area contributed by atoms with Gasteiger partial charge in [0.25, 0.3) is 0 Å². The van der Waals surface area contributed by atoms with Crippen LogP contribution in [0, 0.1) is 0 Å². The second kappa shape index (κ2) is 3.38. The first-order valence-electron chi connectivity index (χ1n) is 3.83. The van der Waals surface area contributed by atoms with Gasteiger partial charge >= 0.3 is 0 Å². The van der Waals surface area contributed by atoms with Crippen LogP contribution < -0.4 is 9.47 Å². The van der Waals surface area contributed by atoms with Crippen molar-refractivity contribution in [2.45, 2.75) is 6.42 Å². The summed E-state index contributed by atoms with van der Waals surface area (Å²) in [5.41, 5.74) is 0.866. The Balaban J connectivity index is 2.49. The van der Waals surface area contributed by atoms with Gasteiger partial charge in [-0.1, -0.05) is 6.07 Å². The largest absolute Gasteiger partial charge is 0.453 e. The Bertz CT molecular complexity index is 349. The molecule has 0 amide bonds. The number of ether oxygens (including phenoxy) is 2. The highest BCUT2D eigenvalue weighted by molar-refractivity contribution is 9.10. The van der Waals surface area contributed by atoms with Crippen molar-refractivity contribution in [2.75, 3.05) is 6.79 Å². The van der Waals surface area contributed by atoms with Crippen LogP contribution in [-0.2, 0) is 11.2 Å². The summed E-state index contributed by atoms with van der Waals surface area (Å²) in [7, 11) is 0. The van der Waals surface area contributed by atoms with Gasteiger partial charge < -0.3 is 14.3 Å². The van der Waals surface area contributed by atoms with Gasteiger partial charge in [0.05, 0.1) is 4.47 Å². The fourth-order valence-electron chi connectivity index (χ4n) is 1.27. The first kappa shape index (κ1) is 8.56. The molecule has 1 aromatic carbocycles. The number of rotatable bonds is 2. The van der Waals surface area contributed by atoms with E-state index in [4.69, 9.17) is 9.47 Å². The van der Waals surface area contributed by atoms with E-state index in [-0.39, 0.29) is 6.79 Å². The molecule has 1 aromatic rings. The number of carbonyl (C=O) groups is 1. The molecule has 0 saturated heterocycles. The van der Waals surface area contributed by atoms with Gasteiger partial charge in [-0.05, 0) is 22.0 Å². The van der Waals surface area contributed by atoms with Gasteiger partial charge in [0.15, 0.2) is 11.5 Å². The molecule has 0 saturated carbocycles. The normalized spacial score (nSPS) is 13.0. The van der Waals surface area contributed by atoms with E-state index in [0.29, 0.717) is 17.9 Å². The van der Waals surface area contributed by atoms with E-state index in [0.717, 1.165) is 16.3 Å². The molecule has 0 fully saturated rings. The van der Waals surface area contributed by atoms with E-state index in [1.807, 2.05) is 12.1 Å². The third kappa shape index (κ3) is 1.42. The summed E-state index contributed by atoms with van der Waals surface area (Å²) >= 11 is 3.34. The zero-order valence-electron chi connectivity index (χ0n) is 6.75. The number of hydrogen-bond donors (Lipinski definition) is 0. The lowest BCUT2D eigenvalue weighted by molar-refractivity contribution is -0.107. The van der Waals surface area contributed by atoms with Crippen LogP contribution >= 0.6 is 15.9 Å². The van der Waals surface area contributed by atoms with Gasteiger partial charge in [0.2, 0.25) is 6.79 Å². The Morgan fingerprint density at radius 2 is 2.15 bits per heavy atom. The van der Waals surface area contributed by atoms with E-state index in [9.17, 15) is 4.79 Å². The third-order valence-electron chi connectivity index (χ3n) is 1.86. The molecule has 0 N–H and O–H groups in total. The number of aldehydes is 1. The maximum absolute atomic E-state index is 10.4. The minimum atomic E-state index is 0.226. The highest BCUT2D eigenvalue weighted by Gasteiger charge is 2.20. The zero-order valence-corrected chi connectivity index (χ0v) is 8.33. The van der Waals surface area contributed by atoms with Gasteiger partial charge in [-0.25, -0.2) is 0 Å². The molecular formula is C9H7BrO3. The molecule has 68 valence electrons. The fourth-order valence-corrected chi connectivity index (χ4v) is 1.70. The monoisotopic (exact) mass is 242 g/mol. The first-order valence-corrected chi connectivity index (χ1v) is 4.63. The van der Waals surface area contributed by atoms with Crippen molar-refractivity contribution in [2.24, 2.45) is 0 Å². The summed E-state index contributed by atoms with van der Waals surface area (Å²) in [5, 5.41) is 0. The summed E-state index contributed by atoms with van der Waals surface area (Å²) in [6, 6.07) is 3.71. The van der Waals surface area contributed by atoms with Crippen LogP contribution in [0.4, 0.5) is 0 Å². The average Bonchev–Trinajstić information content (AvgIpc) is 2.59. The number of benzene rings is 1. The van der Waals surface area contributed by atoms with Crippen LogP contribution in [0.2, 0.25) is 0 Å².